The minimum atomic E-state index is -0.924. The Morgan fingerprint density at radius 1 is 1.00 bits per heavy atom. The number of rotatable bonds is 9. The van der Waals surface area contributed by atoms with Crippen LogP contribution in [0, 0.1) is 11.3 Å². The molecule has 0 aromatic heterocycles. The highest BCUT2D eigenvalue weighted by Gasteiger charge is 2.36. The highest BCUT2D eigenvalue weighted by Crippen LogP contribution is 2.31. The van der Waals surface area contributed by atoms with Gasteiger partial charge in [0.25, 0.3) is 0 Å². The predicted octanol–water partition coefficient (Wildman–Crippen LogP) is 4.76. The number of likely N-dealkylation sites (tertiary alicyclic amines) is 1. The van der Waals surface area contributed by atoms with Crippen LogP contribution in [0.3, 0.4) is 0 Å². The molecule has 3 aromatic rings. The van der Waals surface area contributed by atoms with Gasteiger partial charge in [0.1, 0.15) is 25.3 Å². The van der Waals surface area contributed by atoms with Gasteiger partial charge in [0, 0.05) is 6.54 Å². The summed E-state index contributed by atoms with van der Waals surface area (Å²) in [5.41, 5.74) is 2.43. The maximum Gasteiger partial charge on any atom is 0.410 e. The molecule has 3 aromatic carbocycles. The van der Waals surface area contributed by atoms with Crippen LogP contribution in [0.15, 0.2) is 78.9 Å². The second kappa shape index (κ2) is 12.5. The van der Waals surface area contributed by atoms with Gasteiger partial charge in [-0.1, -0.05) is 66.7 Å². The second-order valence-corrected chi connectivity index (χ2v) is 8.65. The predicted molar refractivity (Wildman–Crippen MR) is 137 cm³/mol. The summed E-state index contributed by atoms with van der Waals surface area (Å²) in [4.78, 5) is 27.2. The van der Waals surface area contributed by atoms with E-state index in [1.54, 1.807) is 18.2 Å². The first kappa shape index (κ1) is 25.6. The van der Waals surface area contributed by atoms with E-state index in [0.29, 0.717) is 43.1 Å². The molecule has 0 spiro atoms. The summed E-state index contributed by atoms with van der Waals surface area (Å²) < 4.78 is 16.8. The van der Waals surface area contributed by atoms with E-state index in [1.165, 1.54) is 12.0 Å². The van der Waals surface area contributed by atoms with Crippen LogP contribution in [-0.2, 0) is 22.7 Å². The molecular formula is C29H29N3O5. The molecule has 4 rings (SSSR count). The van der Waals surface area contributed by atoms with Crippen LogP contribution in [0.1, 0.15) is 35.6 Å². The molecule has 2 amide bonds. The summed E-state index contributed by atoms with van der Waals surface area (Å²) >= 11 is 0. The van der Waals surface area contributed by atoms with Gasteiger partial charge in [0.15, 0.2) is 11.5 Å². The van der Waals surface area contributed by atoms with E-state index in [4.69, 9.17) is 14.2 Å². The van der Waals surface area contributed by atoms with Crippen LogP contribution in [0.25, 0.3) is 0 Å². The first-order chi connectivity index (χ1) is 18.1. The van der Waals surface area contributed by atoms with Gasteiger partial charge in [0.05, 0.1) is 13.2 Å². The highest BCUT2D eigenvalue weighted by molar-refractivity contribution is 5.86. The van der Waals surface area contributed by atoms with Crippen molar-refractivity contribution in [2.24, 2.45) is 0 Å². The molecule has 37 heavy (non-hydrogen) atoms. The van der Waals surface area contributed by atoms with Gasteiger partial charge in [-0.25, -0.2) is 4.79 Å². The molecule has 1 unspecified atom stereocenters. The number of benzene rings is 3. The number of nitrogens with zero attached hydrogens (tertiary/aromatic N) is 2. The standard InChI is InChI=1S/C29H29N3O5/c1-35-27-17-23(14-15-26(27)36-19-21-9-4-2-5-10-21)24(18-30)31-28(33)25-13-8-16-32(25)29(34)37-20-22-11-6-3-7-12-22/h2-7,9-12,14-15,17,24-25H,8,13,16,19-20H2,1H3,(H,31,33)/t24?,25-/m0/s1. The summed E-state index contributed by atoms with van der Waals surface area (Å²) in [5, 5.41) is 12.6. The molecule has 0 bridgehead atoms. The molecule has 8 nitrogen and oxygen atoms in total. The lowest BCUT2D eigenvalue weighted by Crippen LogP contribution is -2.46. The minimum absolute atomic E-state index is 0.129. The lowest BCUT2D eigenvalue weighted by atomic mass is 10.1. The van der Waals surface area contributed by atoms with Gasteiger partial charge in [0.2, 0.25) is 5.91 Å². The van der Waals surface area contributed by atoms with Crippen molar-refractivity contribution in [3.8, 4) is 17.6 Å². The molecule has 1 fully saturated rings. The molecule has 0 radical (unpaired) electrons. The Morgan fingerprint density at radius 3 is 2.32 bits per heavy atom. The Balaban J connectivity index is 1.38. The number of ether oxygens (including phenoxy) is 3. The molecule has 1 N–H and O–H groups in total. The largest absolute Gasteiger partial charge is 0.493 e. The SMILES string of the molecule is COc1cc(C(C#N)NC(=O)[C@@H]2CCCN2C(=O)OCc2ccccc2)ccc1OCc1ccccc1. The number of nitriles is 1. The van der Waals surface area contributed by atoms with Crippen molar-refractivity contribution in [3.63, 3.8) is 0 Å². The van der Waals surface area contributed by atoms with Crippen molar-refractivity contribution in [2.75, 3.05) is 13.7 Å². The van der Waals surface area contributed by atoms with Crippen molar-refractivity contribution in [2.45, 2.75) is 38.1 Å². The third-order valence-electron chi connectivity index (χ3n) is 6.17. The Hall–Kier alpha value is -4.51. The van der Waals surface area contributed by atoms with Gasteiger partial charge in [-0.2, -0.15) is 5.26 Å². The Labute approximate surface area is 216 Å². The van der Waals surface area contributed by atoms with Crippen LogP contribution in [-0.4, -0.2) is 36.6 Å². The summed E-state index contributed by atoms with van der Waals surface area (Å²) in [7, 11) is 1.52. The van der Waals surface area contributed by atoms with E-state index < -0.39 is 24.1 Å². The van der Waals surface area contributed by atoms with Gasteiger partial charge < -0.3 is 19.5 Å². The quantitative estimate of drug-likeness (QED) is 0.456. The number of methoxy groups -OCH3 is 1. The van der Waals surface area contributed by atoms with Gasteiger partial charge in [-0.15, -0.1) is 0 Å². The molecule has 0 aliphatic carbocycles. The van der Waals surface area contributed by atoms with Gasteiger partial charge in [-0.05, 0) is 41.7 Å². The maximum absolute atomic E-state index is 13.1. The number of carbonyl (C=O) groups is 2. The molecule has 2 atom stereocenters. The van der Waals surface area contributed by atoms with Crippen molar-refractivity contribution in [1.29, 1.82) is 5.26 Å². The number of hydrogen-bond donors (Lipinski definition) is 1. The normalized spacial score (nSPS) is 15.4. The monoisotopic (exact) mass is 499 g/mol. The molecule has 0 saturated carbocycles. The Bertz CT molecular complexity index is 1240. The van der Waals surface area contributed by atoms with Crippen molar-refractivity contribution in [1.82, 2.24) is 10.2 Å². The third-order valence-corrected chi connectivity index (χ3v) is 6.17. The minimum Gasteiger partial charge on any atom is -0.493 e. The summed E-state index contributed by atoms with van der Waals surface area (Å²) in [6, 6.07) is 24.7. The van der Waals surface area contributed by atoms with Crippen LogP contribution in [0.5, 0.6) is 11.5 Å². The molecule has 1 saturated heterocycles. The maximum atomic E-state index is 13.1. The third kappa shape index (κ3) is 6.58. The zero-order chi connectivity index (χ0) is 26.0. The fourth-order valence-corrected chi connectivity index (χ4v) is 4.21. The fraction of sp³-hybridized carbons (Fsp3) is 0.276. The van der Waals surface area contributed by atoms with Crippen molar-refractivity contribution in [3.05, 3.63) is 95.6 Å². The van der Waals surface area contributed by atoms with E-state index >= 15 is 0 Å². The number of hydrogen-bond acceptors (Lipinski definition) is 6. The smallest absolute Gasteiger partial charge is 0.410 e. The van der Waals surface area contributed by atoms with Crippen molar-refractivity contribution < 1.29 is 23.8 Å². The lowest BCUT2D eigenvalue weighted by molar-refractivity contribution is -0.125. The van der Waals surface area contributed by atoms with E-state index in [9.17, 15) is 14.9 Å². The van der Waals surface area contributed by atoms with E-state index in [1.807, 2.05) is 60.7 Å². The number of carbonyl (C=O) groups excluding carboxylic acids is 2. The Morgan fingerprint density at radius 2 is 1.68 bits per heavy atom. The topological polar surface area (TPSA) is 101 Å². The van der Waals surface area contributed by atoms with Crippen LogP contribution in [0.2, 0.25) is 0 Å². The molecule has 1 aliphatic heterocycles. The van der Waals surface area contributed by atoms with E-state index in [0.717, 1.165) is 11.1 Å². The fourth-order valence-electron chi connectivity index (χ4n) is 4.21. The lowest BCUT2D eigenvalue weighted by Gasteiger charge is -2.24. The van der Waals surface area contributed by atoms with E-state index in [2.05, 4.69) is 11.4 Å². The molecular weight excluding hydrogens is 470 g/mol. The highest BCUT2D eigenvalue weighted by atomic mass is 16.6. The average Bonchev–Trinajstić information content (AvgIpc) is 3.45. The zero-order valence-electron chi connectivity index (χ0n) is 20.6. The molecule has 1 heterocycles. The Kier molecular flexibility index (Phi) is 8.61. The molecule has 8 heteroatoms. The van der Waals surface area contributed by atoms with Gasteiger partial charge in [-0.3, -0.25) is 9.69 Å². The first-order valence-corrected chi connectivity index (χ1v) is 12.1. The average molecular weight is 500 g/mol. The van der Waals surface area contributed by atoms with Crippen LogP contribution >= 0.6 is 0 Å². The molecule has 190 valence electrons. The summed E-state index contributed by atoms with van der Waals surface area (Å²) in [6.45, 7) is 0.918. The van der Waals surface area contributed by atoms with Crippen LogP contribution < -0.4 is 14.8 Å². The first-order valence-electron chi connectivity index (χ1n) is 12.1. The van der Waals surface area contributed by atoms with Crippen molar-refractivity contribution >= 4 is 12.0 Å². The second-order valence-electron chi connectivity index (χ2n) is 8.65. The summed E-state index contributed by atoms with van der Waals surface area (Å²) in [5.74, 6) is 0.584. The summed E-state index contributed by atoms with van der Waals surface area (Å²) in [6.07, 6.45) is 0.633. The number of nitrogens with one attached hydrogen (secondary N) is 1. The van der Waals surface area contributed by atoms with Gasteiger partial charge >= 0.3 is 6.09 Å². The number of amides is 2. The zero-order valence-corrected chi connectivity index (χ0v) is 20.6. The molecule has 1 aliphatic rings. The van der Waals surface area contributed by atoms with Crippen LogP contribution in [0.4, 0.5) is 4.79 Å². The van der Waals surface area contributed by atoms with E-state index in [-0.39, 0.29) is 6.61 Å².